The molecule has 3 aromatic rings. The Morgan fingerprint density at radius 2 is 1.89 bits per heavy atom. The molecule has 0 fully saturated rings. The average Bonchev–Trinajstić information content (AvgIpc) is 2.71. The molecule has 1 aromatic heterocycles. The molecule has 0 aliphatic heterocycles. The van der Waals surface area contributed by atoms with Crippen molar-refractivity contribution >= 4 is 22.5 Å². The van der Waals surface area contributed by atoms with Crippen molar-refractivity contribution in [2.24, 2.45) is 0 Å². The lowest BCUT2D eigenvalue weighted by Crippen LogP contribution is -2.20. The van der Waals surface area contributed by atoms with Gasteiger partial charge >= 0.3 is 0 Å². The predicted molar refractivity (Wildman–Crippen MR) is 113 cm³/mol. The van der Waals surface area contributed by atoms with Gasteiger partial charge in [-0.1, -0.05) is 38.0 Å². The Hall–Kier alpha value is -3.08. The number of pyridine rings is 1. The number of carbonyl (C=O) groups is 1. The minimum absolute atomic E-state index is 0.00705. The van der Waals surface area contributed by atoms with Gasteiger partial charge in [0.1, 0.15) is 5.75 Å². The molecule has 0 aliphatic carbocycles. The molecule has 3 rings (SSSR count). The van der Waals surface area contributed by atoms with E-state index in [2.05, 4.69) is 17.2 Å². The van der Waals surface area contributed by atoms with Gasteiger partial charge in [0.05, 0.1) is 6.10 Å². The van der Waals surface area contributed by atoms with E-state index in [9.17, 15) is 9.59 Å². The fraction of sp³-hybridized carbons (Fsp3) is 0.304. The molecule has 28 heavy (non-hydrogen) atoms. The van der Waals surface area contributed by atoms with Crippen molar-refractivity contribution in [3.8, 4) is 5.75 Å². The first-order chi connectivity index (χ1) is 13.6. The van der Waals surface area contributed by atoms with Crippen LogP contribution in [0, 0.1) is 0 Å². The normalized spacial score (nSPS) is 11.9. The van der Waals surface area contributed by atoms with Gasteiger partial charge in [-0.25, -0.2) is 0 Å². The predicted octanol–water partition coefficient (Wildman–Crippen LogP) is 4.88. The van der Waals surface area contributed by atoms with Crippen molar-refractivity contribution in [3.05, 3.63) is 71.0 Å². The van der Waals surface area contributed by atoms with Crippen LogP contribution in [0.2, 0.25) is 0 Å². The number of unbranched alkanes of at least 4 members (excludes halogenated alkanes) is 1. The maximum Gasteiger partial charge on any atom is 0.248 e. The van der Waals surface area contributed by atoms with Gasteiger partial charge in [0, 0.05) is 29.1 Å². The van der Waals surface area contributed by atoms with Gasteiger partial charge in [-0.15, -0.1) is 0 Å². The maximum atomic E-state index is 12.2. The number of hydrogen-bond acceptors (Lipinski definition) is 3. The van der Waals surface area contributed by atoms with E-state index >= 15 is 0 Å². The van der Waals surface area contributed by atoms with Crippen LogP contribution in [0.1, 0.15) is 39.0 Å². The van der Waals surface area contributed by atoms with E-state index in [1.165, 1.54) is 6.07 Å². The molecule has 1 amide bonds. The van der Waals surface area contributed by atoms with Crippen molar-refractivity contribution in [1.82, 2.24) is 4.98 Å². The Morgan fingerprint density at radius 1 is 1.07 bits per heavy atom. The molecule has 0 spiro atoms. The Kier molecular flexibility index (Phi) is 6.84. The summed E-state index contributed by atoms with van der Waals surface area (Å²) in [5.74, 6) is 0.747. The minimum atomic E-state index is -0.119. The molecule has 1 atom stereocenters. The summed E-state index contributed by atoms with van der Waals surface area (Å²) in [4.78, 5) is 26.5. The number of nitrogens with one attached hydrogen (secondary N) is 2. The molecule has 2 N–H and O–H groups in total. The number of carbonyl (C=O) groups excluding carboxylic acids is 1. The molecule has 5 heteroatoms. The minimum Gasteiger partial charge on any atom is -0.490 e. The highest BCUT2D eigenvalue weighted by Gasteiger charge is 2.14. The van der Waals surface area contributed by atoms with Crippen molar-refractivity contribution in [1.29, 1.82) is 0 Å². The lowest BCUT2D eigenvalue weighted by atomic mass is 10.1. The van der Waals surface area contributed by atoms with Crippen LogP contribution in [0.3, 0.4) is 0 Å². The summed E-state index contributed by atoms with van der Waals surface area (Å²) in [7, 11) is 0. The topological polar surface area (TPSA) is 71.2 Å². The maximum absolute atomic E-state index is 12.2. The zero-order valence-corrected chi connectivity index (χ0v) is 16.1. The number of rotatable bonds is 9. The fourth-order valence-corrected chi connectivity index (χ4v) is 3.13. The van der Waals surface area contributed by atoms with Gasteiger partial charge in [0.25, 0.3) is 0 Å². The second-order valence-electron chi connectivity index (χ2n) is 6.91. The first kappa shape index (κ1) is 19.7. The number of benzene rings is 2. The Bertz CT molecular complexity index is 966. The molecular weight excluding hydrogens is 352 g/mol. The number of amides is 1. The Morgan fingerprint density at radius 3 is 2.68 bits per heavy atom. The molecule has 146 valence electrons. The second-order valence-corrected chi connectivity index (χ2v) is 6.91. The van der Waals surface area contributed by atoms with Crippen LogP contribution in [0.4, 0.5) is 5.69 Å². The van der Waals surface area contributed by atoms with Gasteiger partial charge in [0.15, 0.2) is 0 Å². The van der Waals surface area contributed by atoms with Crippen molar-refractivity contribution in [3.63, 3.8) is 0 Å². The molecule has 1 heterocycles. The van der Waals surface area contributed by atoms with Crippen LogP contribution in [0.5, 0.6) is 5.75 Å². The van der Waals surface area contributed by atoms with Gasteiger partial charge in [-0.2, -0.15) is 0 Å². The summed E-state index contributed by atoms with van der Waals surface area (Å²) >= 11 is 0. The molecule has 0 bridgehead atoms. The number of fused-ring (bicyclic) bond motifs is 1. The molecule has 1 unspecified atom stereocenters. The van der Waals surface area contributed by atoms with E-state index in [-0.39, 0.29) is 17.6 Å². The molecule has 0 saturated carbocycles. The summed E-state index contributed by atoms with van der Waals surface area (Å²) in [6.45, 7) is 2.14. The highest BCUT2D eigenvalue weighted by atomic mass is 16.5. The van der Waals surface area contributed by atoms with Crippen LogP contribution >= 0.6 is 0 Å². The van der Waals surface area contributed by atoms with Crippen molar-refractivity contribution in [2.75, 3.05) is 5.32 Å². The van der Waals surface area contributed by atoms with Crippen LogP contribution in [0.15, 0.2) is 65.5 Å². The van der Waals surface area contributed by atoms with Gasteiger partial charge in [-0.05, 0) is 49.2 Å². The largest absolute Gasteiger partial charge is 0.490 e. The lowest BCUT2D eigenvalue weighted by Gasteiger charge is -2.19. The number of para-hydroxylation sites is 1. The number of hydrogen-bond donors (Lipinski definition) is 2. The highest BCUT2D eigenvalue weighted by molar-refractivity contribution is 5.90. The van der Waals surface area contributed by atoms with Crippen molar-refractivity contribution in [2.45, 2.75) is 45.1 Å². The third kappa shape index (κ3) is 5.71. The monoisotopic (exact) mass is 378 g/mol. The SMILES string of the molecule is CCCCC(CCC(=O)Nc1ccccc1)Oc1ccc2[nH]c(=O)ccc2c1. The van der Waals surface area contributed by atoms with E-state index < -0.39 is 0 Å². The van der Waals surface area contributed by atoms with E-state index in [0.717, 1.165) is 41.6 Å². The zero-order valence-electron chi connectivity index (χ0n) is 16.1. The summed E-state index contributed by atoms with van der Waals surface area (Å²) < 4.78 is 6.18. The van der Waals surface area contributed by atoms with Gasteiger partial charge in [0.2, 0.25) is 11.5 Å². The number of ether oxygens (including phenoxy) is 1. The number of anilines is 1. The third-order valence-corrected chi connectivity index (χ3v) is 4.63. The van der Waals surface area contributed by atoms with E-state index in [4.69, 9.17) is 4.74 Å². The molecule has 0 radical (unpaired) electrons. The quantitative estimate of drug-likeness (QED) is 0.557. The van der Waals surface area contributed by atoms with Crippen LogP contribution in [-0.2, 0) is 4.79 Å². The van der Waals surface area contributed by atoms with E-state index in [1.54, 1.807) is 6.07 Å². The standard InChI is InChI=1S/C23H26N2O3/c1-2-3-9-19(12-15-22(26)24-18-7-5-4-6-8-18)28-20-11-13-21-17(16-20)10-14-23(27)25-21/h4-8,10-11,13-14,16,19H,2-3,9,12,15H2,1H3,(H,24,26)(H,25,27). The average molecular weight is 378 g/mol. The number of H-pyrrole nitrogens is 1. The Balaban J connectivity index is 1.62. The number of aromatic nitrogens is 1. The number of aromatic amines is 1. The summed E-state index contributed by atoms with van der Waals surface area (Å²) in [6, 6.07) is 18.4. The van der Waals surface area contributed by atoms with Gasteiger partial charge < -0.3 is 15.0 Å². The van der Waals surface area contributed by atoms with Crippen LogP contribution in [-0.4, -0.2) is 17.0 Å². The highest BCUT2D eigenvalue weighted by Crippen LogP contribution is 2.22. The van der Waals surface area contributed by atoms with Crippen molar-refractivity contribution < 1.29 is 9.53 Å². The Labute approximate surface area is 164 Å². The summed E-state index contributed by atoms with van der Waals surface area (Å²) in [6.07, 6.45) is 4.06. The first-order valence-corrected chi connectivity index (χ1v) is 9.78. The fourth-order valence-electron chi connectivity index (χ4n) is 3.13. The zero-order chi connectivity index (χ0) is 19.8. The van der Waals surface area contributed by atoms with Gasteiger partial charge in [-0.3, -0.25) is 9.59 Å². The van der Waals surface area contributed by atoms with Crippen LogP contribution < -0.4 is 15.6 Å². The first-order valence-electron chi connectivity index (χ1n) is 9.78. The lowest BCUT2D eigenvalue weighted by molar-refractivity contribution is -0.116. The van der Waals surface area contributed by atoms with E-state index in [0.29, 0.717) is 12.8 Å². The molecular formula is C23H26N2O3. The second kappa shape index (κ2) is 9.74. The molecule has 0 aliphatic rings. The molecule has 2 aromatic carbocycles. The summed E-state index contributed by atoms with van der Waals surface area (Å²) in [5.41, 5.74) is 1.47. The molecule has 0 saturated heterocycles. The smallest absolute Gasteiger partial charge is 0.248 e. The third-order valence-electron chi connectivity index (χ3n) is 4.63. The molecule has 5 nitrogen and oxygen atoms in total. The van der Waals surface area contributed by atoms with Crippen LogP contribution in [0.25, 0.3) is 10.9 Å². The van der Waals surface area contributed by atoms with E-state index in [1.807, 2.05) is 48.5 Å². The summed E-state index contributed by atoms with van der Waals surface area (Å²) in [5, 5.41) is 3.84.